The second-order valence-corrected chi connectivity index (χ2v) is 4.39. The number of hydrogen-bond donors (Lipinski definition) is 1. The van der Waals surface area contributed by atoms with E-state index in [1.165, 1.54) is 44.9 Å². The first-order valence-electron chi connectivity index (χ1n) is 6.64. The van der Waals surface area contributed by atoms with E-state index in [0.717, 1.165) is 17.8 Å². The Bertz CT molecular complexity index is 348. The molecule has 0 aliphatic heterocycles. The van der Waals surface area contributed by atoms with E-state index in [2.05, 4.69) is 34.6 Å². The first-order valence-corrected chi connectivity index (χ1v) is 6.64. The predicted molar refractivity (Wildman–Crippen MR) is 71.7 cm³/mol. The molecule has 0 atom stereocenters. The molecule has 0 radical (unpaired) electrons. The third-order valence-electron chi connectivity index (χ3n) is 2.92. The molecule has 0 spiro atoms. The number of aromatic nitrogens is 3. The molecule has 94 valence electrons. The lowest BCUT2D eigenvalue weighted by atomic mass is 10.1. The smallest absolute Gasteiger partial charge is 0.0904 e. The van der Waals surface area contributed by atoms with Crippen LogP contribution in [0.25, 0.3) is 6.08 Å². The average Bonchev–Trinajstić information content (AvgIpc) is 2.76. The highest BCUT2D eigenvalue weighted by Crippen LogP contribution is 2.11. The summed E-state index contributed by atoms with van der Waals surface area (Å²) in [7, 11) is 0. The molecule has 1 heterocycles. The van der Waals surface area contributed by atoms with Crippen LogP contribution in [0, 0.1) is 0 Å². The number of nitrogens with one attached hydrogen (secondary N) is 1. The molecular weight excluding hydrogens is 210 g/mol. The Morgan fingerprint density at radius 3 is 2.59 bits per heavy atom. The van der Waals surface area contributed by atoms with Gasteiger partial charge in [0.2, 0.25) is 0 Å². The minimum Gasteiger partial charge on any atom is -0.257 e. The van der Waals surface area contributed by atoms with E-state index in [1.54, 1.807) is 6.08 Å². The highest BCUT2D eigenvalue weighted by molar-refractivity contribution is 5.45. The largest absolute Gasteiger partial charge is 0.257 e. The van der Waals surface area contributed by atoms with Gasteiger partial charge in [-0.25, -0.2) is 0 Å². The predicted octanol–water partition coefficient (Wildman–Crippen LogP) is 3.90. The Labute approximate surface area is 104 Å². The summed E-state index contributed by atoms with van der Waals surface area (Å²) in [4.78, 5) is 0. The Hall–Kier alpha value is -1.34. The summed E-state index contributed by atoms with van der Waals surface area (Å²) in [5.41, 5.74) is 4.74. The first kappa shape index (κ1) is 13.7. The van der Waals surface area contributed by atoms with Crippen molar-refractivity contribution in [2.75, 3.05) is 0 Å². The van der Waals surface area contributed by atoms with E-state index in [4.69, 9.17) is 0 Å². The molecule has 1 aromatic heterocycles. The highest BCUT2D eigenvalue weighted by atomic mass is 15.3. The van der Waals surface area contributed by atoms with Gasteiger partial charge in [-0.3, -0.25) is 5.10 Å². The summed E-state index contributed by atoms with van der Waals surface area (Å²) in [5, 5.41) is 10.7. The van der Waals surface area contributed by atoms with Crippen LogP contribution >= 0.6 is 0 Å². The van der Waals surface area contributed by atoms with Gasteiger partial charge in [0.15, 0.2) is 0 Å². The quantitative estimate of drug-likeness (QED) is 0.519. The van der Waals surface area contributed by atoms with Gasteiger partial charge in [-0.2, -0.15) is 0 Å². The van der Waals surface area contributed by atoms with Gasteiger partial charge >= 0.3 is 0 Å². The topological polar surface area (TPSA) is 41.6 Å². The van der Waals surface area contributed by atoms with E-state index in [9.17, 15) is 0 Å². The summed E-state index contributed by atoms with van der Waals surface area (Å²) < 4.78 is 0. The summed E-state index contributed by atoms with van der Waals surface area (Å²) in [6.07, 6.45) is 12.0. The molecule has 0 aliphatic rings. The fourth-order valence-electron chi connectivity index (χ4n) is 1.91. The number of aromatic amines is 1. The Kier molecular flexibility index (Phi) is 7.08. The molecule has 0 unspecified atom stereocenters. The van der Waals surface area contributed by atoms with Crippen molar-refractivity contribution >= 4 is 6.08 Å². The van der Waals surface area contributed by atoms with Crippen LogP contribution in [0.3, 0.4) is 0 Å². The van der Waals surface area contributed by atoms with Gasteiger partial charge in [0.05, 0.1) is 11.4 Å². The van der Waals surface area contributed by atoms with E-state index in [0.29, 0.717) is 0 Å². The molecule has 0 bridgehead atoms. The minimum atomic E-state index is 0.950. The number of unbranched alkanes of at least 4 members (excludes halogenated alkanes) is 6. The van der Waals surface area contributed by atoms with Crippen LogP contribution in [0.2, 0.25) is 0 Å². The Morgan fingerprint density at radius 1 is 1.18 bits per heavy atom. The molecule has 1 aromatic rings. The molecule has 1 N–H and O–H groups in total. The van der Waals surface area contributed by atoms with Crippen LogP contribution in [0.1, 0.15) is 63.3 Å². The third-order valence-corrected chi connectivity index (χ3v) is 2.92. The molecule has 0 amide bonds. The van der Waals surface area contributed by atoms with Crippen LogP contribution in [0.4, 0.5) is 0 Å². The molecular formula is C14H23N3. The molecule has 0 aromatic carbocycles. The van der Waals surface area contributed by atoms with E-state index in [-0.39, 0.29) is 0 Å². The summed E-state index contributed by atoms with van der Waals surface area (Å²) in [6, 6.07) is 0. The molecule has 1 rings (SSSR count). The zero-order valence-corrected chi connectivity index (χ0v) is 10.8. The normalized spacial score (nSPS) is 10.2. The van der Waals surface area contributed by atoms with Crippen LogP contribution in [-0.2, 0) is 6.42 Å². The zero-order valence-electron chi connectivity index (χ0n) is 10.8. The lowest BCUT2D eigenvalue weighted by molar-refractivity contribution is 0.587. The van der Waals surface area contributed by atoms with Gasteiger partial charge in [-0.1, -0.05) is 57.2 Å². The average molecular weight is 233 g/mol. The van der Waals surface area contributed by atoms with Crippen LogP contribution < -0.4 is 0 Å². The van der Waals surface area contributed by atoms with Crippen LogP contribution in [0.15, 0.2) is 12.3 Å². The van der Waals surface area contributed by atoms with Gasteiger partial charge in [-0.05, 0) is 12.8 Å². The van der Waals surface area contributed by atoms with Crippen LogP contribution in [0.5, 0.6) is 0 Å². The van der Waals surface area contributed by atoms with Crippen molar-refractivity contribution in [2.24, 2.45) is 0 Å². The van der Waals surface area contributed by atoms with Crippen molar-refractivity contribution in [1.82, 2.24) is 15.4 Å². The van der Waals surface area contributed by atoms with Gasteiger partial charge in [0.25, 0.3) is 0 Å². The number of H-pyrrole nitrogens is 1. The zero-order chi connectivity index (χ0) is 12.3. The maximum absolute atomic E-state index is 4.08. The van der Waals surface area contributed by atoms with Crippen molar-refractivity contribution in [3.8, 4) is 0 Å². The fourth-order valence-corrected chi connectivity index (χ4v) is 1.91. The fraction of sp³-hybridized carbons (Fsp3) is 0.643. The number of hydrogen-bond acceptors (Lipinski definition) is 2. The molecule has 3 heteroatoms. The standard InChI is InChI=1S/C14H23N3/c1-3-5-6-7-8-9-10-12-14-13(11-4-2)15-17-16-14/h11H,2-3,5-10,12H2,1H3,(H,15,16,17). The lowest BCUT2D eigenvalue weighted by Crippen LogP contribution is -1.89. The molecule has 0 saturated carbocycles. The minimum absolute atomic E-state index is 0.950. The number of aryl methyl sites for hydroxylation is 1. The van der Waals surface area contributed by atoms with E-state index >= 15 is 0 Å². The SMILES string of the molecule is C=C=Cc1[nH]nnc1CCCCCCCCC. The maximum Gasteiger partial charge on any atom is 0.0904 e. The second kappa shape index (κ2) is 8.77. The van der Waals surface area contributed by atoms with Crippen molar-refractivity contribution < 1.29 is 0 Å². The molecule has 0 saturated heterocycles. The van der Waals surface area contributed by atoms with Crippen molar-refractivity contribution in [3.05, 3.63) is 23.7 Å². The van der Waals surface area contributed by atoms with Gasteiger partial charge < -0.3 is 0 Å². The second-order valence-electron chi connectivity index (χ2n) is 4.39. The van der Waals surface area contributed by atoms with Crippen molar-refractivity contribution in [2.45, 2.75) is 58.3 Å². The lowest BCUT2D eigenvalue weighted by Gasteiger charge is -2.00. The van der Waals surface area contributed by atoms with E-state index in [1.807, 2.05) is 0 Å². The molecule has 0 aliphatic carbocycles. The summed E-state index contributed by atoms with van der Waals surface area (Å²) in [6.45, 7) is 5.81. The van der Waals surface area contributed by atoms with Gasteiger partial charge in [0.1, 0.15) is 0 Å². The number of rotatable bonds is 9. The Balaban J connectivity index is 2.13. The van der Waals surface area contributed by atoms with Gasteiger partial charge in [0, 0.05) is 6.08 Å². The van der Waals surface area contributed by atoms with Crippen molar-refractivity contribution in [1.29, 1.82) is 0 Å². The van der Waals surface area contributed by atoms with E-state index < -0.39 is 0 Å². The third kappa shape index (κ3) is 5.50. The maximum atomic E-state index is 4.08. The monoisotopic (exact) mass is 233 g/mol. The molecule has 0 fully saturated rings. The summed E-state index contributed by atoms with van der Waals surface area (Å²) >= 11 is 0. The molecule has 3 nitrogen and oxygen atoms in total. The van der Waals surface area contributed by atoms with Crippen molar-refractivity contribution in [3.63, 3.8) is 0 Å². The Morgan fingerprint density at radius 2 is 1.88 bits per heavy atom. The highest BCUT2D eigenvalue weighted by Gasteiger charge is 2.03. The molecule has 17 heavy (non-hydrogen) atoms. The van der Waals surface area contributed by atoms with Crippen LogP contribution in [-0.4, -0.2) is 15.4 Å². The van der Waals surface area contributed by atoms with Gasteiger partial charge in [-0.15, -0.1) is 10.8 Å². The first-order chi connectivity index (χ1) is 8.38. The summed E-state index contributed by atoms with van der Waals surface area (Å²) in [5.74, 6) is 0. The number of nitrogens with zero attached hydrogens (tertiary/aromatic N) is 2.